The predicted molar refractivity (Wildman–Crippen MR) is 66.3 cm³/mol. The van der Waals surface area contributed by atoms with Crippen molar-refractivity contribution < 1.29 is 0 Å². The fourth-order valence-corrected chi connectivity index (χ4v) is 1.25. The van der Waals surface area contributed by atoms with E-state index in [2.05, 4.69) is 18.2 Å². The van der Waals surface area contributed by atoms with Gasteiger partial charge in [0.1, 0.15) is 0 Å². The summed E-state index contributed by atoms with van der Waals surface area (Å²) < 4.78 is 0. The van der Waals surface area contributed by atoms with Gasteiger partial charge >= 0.3 is 0 Å². The zero-order chi connectivity index (χ0) is 11.1. The highest BCUT2D eigenvalue weighted by Crippen LogP contribution is 2.08. The van der Waals surface area contributed by atoms with E-state index < -0.39 is 0 Å². The van der Waals surface area contributed by atoms with Crippen molar-refractivity contribution >= 4 is 5.69 Å². The van der Waals surface area contributed by atoms with Crippen molar-refractivity contribution in [2.75, 3.05) is 5.73 Å². The molecule has 0 aromatic heterocycles. The zero-order valence-electron chi connectivity index (χ0n) is 9.11. The summed E-state index contributed by atoms with van der Waals surface area (Å²) in [5, 5.41) is 0. The normalized spacial score (nSPS) is 12.2. The second kappa shape index (κ2) is 5.91. The lowest BCUT2D eigenvalue weighted by Gasteiger charge is -1.98. The molecule has 0 saturated carbocycles. The Morgan fingerprint density at radius 1 is 1.27 bits per heavy atom. The fraction of sp³-hybridized carbons (Fsp3) is 0.231. The highest BCUT2D eigenvalue weighted by atomic mass is 14.5. The highest BCUT2D eigenvalue weighted by molar-refractivity contribution is 5.39. The minimum absolute atomic E-state index is 0.812. The van der Waals surface area contributed by atoms with Gasteiger partial charge in [0.05, 0.1) is 0 Å². The molecule has 15 heavy (non-hydrogen) atoms. The van der Waals surface area contributed by atoms with Crippen molar-refractivity contribution in [2.24, 2.45) is 5.73 Å². The first-order valence-electron chi connectivity index (χ1n) is 5.15. The van der Waals surface area contributed by atoms with Crippen molar-refractivity contribution in [1.29, 1.82) is 0 Å². The minimum Gasteiger partial charge on any atom is -0.399 e. The Kier molecular flexibility index (Phi) is 4.48. The Morgan fingerprint density at radius 3 is 2.53 bits per heavy atom. The Labute approximate surface area is 91.3 Å². The van der Waals surface area contributed by atoms with Crippen LogP contribution in [0.4, 0.5) is 5.69 Å². The summed E-state index contributed by atoms with van der Waals surface area (Å²) in [7, 11) is 0. The molecule has 0 spiro atoms. The largest absolute Gasteiger partial charge is 0.399 e. The molecule has 0 radical (unpaired) electrons. The molecule has 0 saturated heterocycles. The smallest absolute Gasteiger partial charge is 0.0314 e. The molecule has 0 aliphatic carbocycles. The average Bonchev–Trinajstić information content (AvgIpc) is 2.26. The van der Waals surface area contributed by atoms with E-state index in [1.54, 1.807) is 0 Å². The predicted octanol–water partition coefficient (Wildman–Crippen LogP) is 2.62. The second-order valence-corrected chi connectivity index (χ2v) is 3.47. The van der Waals surface area contributed by atoms with Gasteiger partial charge in [-0.3, -0.25) is 0 Å². The van der Waals surface area contributed by atoms with Gasteiger partial charge in [0.2, 0.25) is 0 Å². The van der Waals surface area contributed by atoms with Crippen LogP contribution < -0.4 is 11.5 Å². The van der Waals surface area contributed by atoms with E-state index in [-0.39, 0.29) is 0 Å². The molecule has 2 heteroatoms. The zero-order valence-corrected chi connectivity index (χ0v) is 9.11. The quantitative estimate of drug-likeness (QED) is 0.582. The van der Waals surface area contributed by atoms with Crippen LogP contribution in [0.2, 0.25) is 0 Å². The SMILES string of the molecule is C/C=C(N)\C=C/CCc1ccc(N)cc1. The summed E-state index contributed by atoms with van der Waals surface area (Å²) in [6.07, 6.45) is 7.94. The summed E-state index contributed by atoms with van der Waals surface area (Å²) in [5.41, 5.74) is 14.2. The number of hydrogen-bond donors (Lipinski definition) is 2. The number of benzene rings is 1. The first-order valence-corrected chi connectivity index (χ1v) is 5.15. The van der Waals surface area contributed by atoms with Crippen molar-refractivity contribution in [1.82, 2.24) is 0 Å². The maximum atomic E-state index is 5.63. The maximum absolute atomic E-state index is 5.63. The van der Waals surface area contributed by atoms with Gasteiger partial charge in [0.15, 0.2) is 0 Å². The Morgan fingerprint density at radius 2 is 1.93 bits per heavy atom. The van der Waals surface area contributed by atoms with E-state index in [0.717, 1.165) is 24.2 Å². The average molecular weight is 202 g/mol. The summed E-state index contributed by atoms with van der Waals surface area (Å²) in [6.45, 7) is 1.93. The molecule has 1 aromatic carbocycles. The van der Waals surface area contributed by atoms with Gasteiger partial charge in [0, 0.05) is 11.4 Å². The summed E-state index contributed by atoms with van der Waals surface area (Å²) in [6, 6.07) is 7.98. The number of nitrogen functional groups attached to an aromatic ring is 1. The number of allylic oxidation sites excluding steroid dienone is 3. The van der Waals surface area contributed by atoms with Gasteiger partial charge < -0.3 is 11.5 Å². The number of rotatable bonds is 4. The van der Waals surface area contributed by atoms with Crippen LogP contribution in [0.5, 0.6) is 0 Å². The molecule has 1 rings (SSSR count). The third-order valence-corrected chi connectivity index (χ3v) is 2.22. The van der Waals surface area contributed by atoms with Crippen LogP contribution in [0.25, 0.3) is 0 Å². The van der Waals surface area contributed by atoms with E-state index in [1.165, 1.54) is 5.56 Å². The molecule has 0 aliphatic heterocycles. The fourth-order valence-electron chi connectivity index (χ4n) is 1.25. The van der Waals surface area contributed by atoms with E-state index in [0.29, 0.717) is 0 Å². The number of hydrogen-bond acceptors (Lipinski definition) is 2. The van der Waals surface area contributed by atoms with Gasteiger partial charge in [-0.15, -0.1) is 0 Å². The molecular weight excluding hydrogens is 184 g/mol. The first kappa shape index (κ1) is 11.4. The van der Waals surface area contributed by atoms with Gasteiger partial charge in [-0.05, 0) is 43.5 Å². The Balaban J connectivity index is 2.38. The lowest BCUT2D eigenvalue weighted by molar-refractivity contribution is 1.000. The minimum atomic E-state index is 0.812. The molecule has 0 bridgehead atoms. The molecule has 0 atom stereocenters. The van der Waals surface area contributed by atoms with E-state index >= 15 is 0 Å². The standard InChI is InChI=1S/C13H18N2/c1-2-12(14)6-4-3-5-11-7-9-13(15)10-8-11/h2,4,6-10H,3,5,14-15H2,1H3/b6-4-,12-2+. The maximum Gasteiger partial charge on any atom is 0.0314 e. The number of anilines is 1. The monoisotopic (exact) mass is 202 g/mol. The van der Waals surface area contributed by atoms with Gasteiger partial charge in [0.25, 0.3) is 0 Å². The molecule has 4 N–H and O–H groups in total. The topological polar surface area (TPSA) is 52.0 Å². The third-order valence-electron chi connectivity index (χ3n) is 2.22. The third kappa shape index (κ3) is 4.36. The molecule has 0 fully saturated rings. The highest BCUT2D eigenvalue weighted by Gasteiger charge is 1.90. The van der Waals surface area contributed by atoms with Crippen molar-refractivity contribution in [3.05, 3.63) is 53.8 Å². The lowest BCUT2D eigenvalue weighted by Crippen LogP contribution is -1.91. The van der Waals surface area contributed by atoms with Crippen LogP contribution in [-0.4, -0.2) is 0 Å². The van der Waals surface area contributed by atoms with Crippen LogP contribution in [-0.2, 0) is 6.42 Å². The second-order valence-electron chi connectivity index (χ2n) is 3.47. The van der Waals surface area contributed by atoms with Crippen molar-refractivity contribution in [2.45, 2.75) is 19.8 Å². The van der Waals surface area contributed by atoms with Gasteiger partial charge in [-0.25, -0.2) is 0 Å². The van der Waals surface area contributed by atoms with Crippen molar-refractivity contribution in [3.8, 4) is 0 Å². The van der Waals surface area contributed by atoms with Crippen molar-refractivity contribution in [3.63, 3.8) is 0 Å². The summed E-state index contributed by atoms with van der Waals surface area (Å²) in [4.78, 5) is 0. The van der Waals surface area contributed by atoms with Gasteiger partial charge in [-0.1, -0.05) is 24.3 Å². The van der Waals surface area contributed by atoms with Crippen LogP contribution in [0, 0.1) is 0 Å². The van der Waals surface area contributed by atoms with Crippen LogP contribution >= 0.6 is 0 Å². The number of aryl methyl sites for hydroxylation is 1. The first-order chi connectivity index (χ1) is 7.22. The van der Waals surface area contributed by atoms with Crippen LogP contribution in [0.15, 0.2) is 48.2 Å². The summed E-state index contributed by atoms with van der Waals surface area (Å²) >= 11 is 0. The molecule has 80 valence electrons. The molecule has 0 amide bonds. The van der Waals surface area contributed by atoms with E-state index in [4.69, 9.17) is 11.5 Å². The molecular formula is C13H18N2. The lowest BCUT2D eigenvalue weighted by atomic mass is 10.1. The molecule has 0 aliphatic rings. The van der Waals surface area contributed by atoms with Gasteiger partial charge in [-0.2, -0.15) is 0 Å². The number of nitrogens with two attached hydrogens (primary N) is 2. The Hall–Kier alpha value is -1.70. The van der Waals surface area contributed by atoms with E-state index in [1.807, 2.05) is 31.2 Å². The Bertz CT molecular complexity index is 347. The van der Waals surface area contributed by atoms with E-state index in [9.17, 15) is 0 Å². The molecule has 1 aromatic rings. The van der Waals surface area contributed by atoms with Crippen LogP contribution in [0.1, 0.15) is 18.9 Å². The molecule has 0 heterocycles. The van der Waals surface area contributed by atoms with Crippen LogP contribution in [0.3, 0.4) is 0 Å². The summed E-state index contributed by atoms with van der Waals surface area (Å²) in [5.74, 6) is 0. The molecule has 2 nitrogen and oxygen atoms in total. The molecule has 0 unspecified atom stereocenters.